The summed E-state index contributed by atoms with van der Waals surface area (Å²) in [6, 6.07) is 6.21. The second kappa shape index (κ2) is 12.6. The largest absolute Gasteiger partial charge is 0.495 e. The van der Waals surface area contributed by atoms with E-state index in [1.807, 2.05) is 33.0 Å². The number of ether oxygens (including phenoxy) is 2. The molecule has 0 saturated heterocycles. The van der Waals surface area contributed by atoms with Gasteiger partial charge >= 0.3 is 12.1 Å². The molecule has 3 atom stereocenters. The first-order valence-corrected chi connectivity index (χ1v) is 10.9. The van der Waals surface area contributed by atoms with E-state index >= 15 is 0 Å². The molecular weight excluding hydrogens is 410 g/mol. The average Bonchev–Trinajstić information content (AvgIpc) is 2.78. The lowest BCUT2D eigenvalue weighted by Gasteiger charge is -2.26. The Morgan fingerprint density at radius 2 is 2.12 bits per heavy atom. The fraction of sp³-hybridized carbons (Fsp3) is 0.522. The number of hydrogen-bond donors (Lipinski definition) is 4. The lowest BCUT2D eigenvalue weighted by molar-refractivity contribution is 0.0940. The highest BCUT2D eigenvalue weighted by molar-refractivity contribution is 5.90. The van der Waals surface area contributed by atoms with Gasteiger partial charge in [-0.25, -0.2) is 9.59 Å². The molecule has 4 N–H and O–H groups in total. The van der Waals surface area contributed by atoms with Crippen LogP contribution in [0.2, 0.25) is 0 Å². The highest BCUT2D eigenvalue weighted by Gasteiger charge is 2.21. The van der Waals surface area contributed by atoms with E-state index in [4.69, 9.17) is 14.7 Å². The van der Waals surface area contributed by atoms with Crippen molar-refractivity contribution in [3.63, 3.8) is 0 Å². The van der Waals surface area contributed by atoms with Gasteiger partial charge in [-0.1, -0.05) is 18.6 Å². The van der Waals surface area contributed by atoms with Gasteiger partial charge in [-0.3, -0.25) is 0 Å². The molecule has 174 valence electrons. The maximum absolute atomic E-state index is 12.5. The Balaban J connectivity index is 1.92. The number of anilines is 1. The molecule has 1 aliphatic rings. The number of methoxy groups -OCH3 is 1. The van der Waals surface area contributed by atoms with E-state index in [-0.39, 0.29) is 24.2 Å². The van der Waals surface area contributed by atoms with Crippen molar-refractivity contribution in [1.82, 2.24) is 16.0 Å². The summed E-state index contributed by atoms with van der Waals surface area (Å²) in [6.45, 7) is 4.49. The molecule has 0 bridgehead atoms. The molecule has 9 nitrogen and oxygen atoms in total. The number of nitrogens with one attached hydrogen (secondary N) is 4. The number of likely N-dealkylation sites (N-methyl/N-ethyl adjacent to an activating group) is 1. The standard InChI is InChI=1S/C23H33N5O4/c1-5-20(14-25-3)32-23(30)26-15(2)16-7-6-8-18(11-16)27-22(29)28-19-10-9-17(13-24)21(12-19)31-4/h9-12,15,18,20,25H,5-8,14H2,1-4H3,(H,26,30)(H2,27,28,29)/t15-,18?,20+/m0/s1. The van der Waals surface area contributed by atoms with Gasteiger partial charge in [0.15, 0.2) is 0 Å². The molecule has 0 aliphatic heterocycles. The van der Waals surface area contributed by atoms with Crippen molar-refractivity contribution in [2.45, 2.75) is 57.7 Å². The Morgan fingerprint density at radius 3 is 2.78 bits per heavy atom. The molecule has 0 radical (unpaired) electrons. The molecule has 9 heteroatoms. The predicted molar refractivity (Wildman–Crippen MR) is 123 cm³/mol. The molecule has 0 aromatic heterocycles. The molecule has 0 heterocycles. The summed E-state index contributed by atoms with van der Waals surface area (Å²) in [5, 5.41) is 20.7. The SMILES string of the molecule is CC[C@H](CNC)OC(=O)N[C@@H](C)C1=CC(NC(=O)Nc2ccc(C#N)c(OC)c2)CCC1. The quantitative estimate of drug-likeness (QED) is 0.434. The van der Waals surface area contributed by atoms with Gasteiger partial charge in [0.05, 0.1) is 18.7 Å². The van der Waals surface area contributed by atoms with Gasteiger partial charge in [-0.2, -0.15) is 5.26 Å². The van der Waals surface area contributed by atoms with Crippen molar-refractivity contribution < 1.29 is 19.1 Å². The molecule has 1 aromatic rings. The van der Waals surface area contributed by atoms with Gasteiger partial charge in [0.2, 0.25) is 0 Å². The smallest absolute Gasteiger partial charge is 0.407 e. The number of hydrogen-bond acceptors (Lipinski definition) is 6. The molecular formula is C23H33N5O4. The summed E-state index contributed by atoms with van der Waals surface area (Å²) in [5.41, 5.74) is 1.98. The van der Waals surface area contributed by atoms with E-state index < -0.39 is 6.09 Å². The second-order valence-electron chi connectivity index (χ2n) is 7.72. The highest BCUT2D eigenvalue weighted by atomic mass is 16.6. The Morgan fingerprint density at radius 1 is 1.34 bits per heavy atom. The van der Waals surface area contributed by atoms with E-state index in [1.165, 1.54) is 7.11 Å². The van der Waals surface area contributed by atoms with Crippen LogP contribution in [-0.4, -0.2) is 51.0 Å². The lowest BCUT2D eigenvalue weighted by atomic mass is 9.92. The molecule has 1 unspecified atom stereocenters. The Labute approximate surface area is 189 Å². The first kappa shape index (κ1) is 25.0. The Hall–Kier alpha value is -3.25. The van der Waals surface area contributed by atoms with Gasteiger partial charge in [0, 0.05) is 24.3 Å². The fourth-order valence-electron chi connectivity index (χ4n) is 3.57. The minimum absolute atomic E-state index is 0.146. The van der Waals surface area contributed by atoms with Crippen LogP contribution in [0.1, 0.15) is 45.1 Å². The Bertz CT molecular complexity index is 864. The van der Waals surface area contributed by atoms with Crippen molar-refractivity contribution in [2.24, 2.45) is 0 Å². The summed E-state index contributed by atoms with van der Waals surface area (Å²) >= 11 is 0. The number of carbonyl (C=O) groups is 2. The van der Waals surface area contributed by atoms with E-state index in [0.717, 1.165) is 31.3 Å². The maximum atomic E-state index is 12.5. The van der Waals surface area contributed by atoms with E-state index in [1.54, 1.807) is 18.2 Å². The zero-order valence-corrected chi connectivity index (χ0v) is 19.2. The molecule has 1 aliphatic carbocycles. The van der Waals surface area contributed by atoms with Crippen molar-refractivity contribution in [3.8, 4) is 11.8 Å². The van der Waals surface area contributed by atoms with Crippen LogP contribution in [0.15, 0.2) is 29.8 Å². The molecule has 0 spiro atoms. The number of carbonyl (C=O) groups excluding carboxylic acids is 2. The normalized spacial score (nSPS) is 17.2. The number of rotatable bonds is 9. The van der Waals surface area contributed by atoms with E-state index in [9.17, 15) is 9.59 Å². The van der Waals surface area contributed by atoms with Crippen LogP contribution in [0.4, 0.5) is 15.3 Å². The molecule has 32 heavy (non-hydrogen) atoms. The minimum atomic E-state index is -0.442. The highest BCUT2D eigenvalue weighted by Crippen LogP contribution is 2.23. The first-order chi connectivity index (χ1) is 15.4. The van der Waals surface area contributed by atoms with Crippen LogP contribution in [0.25, 0.3) is 0 Å². The van der Waals surface area contributed by atoms with Gasteiger partial charge < -0.3 is 30.7 Å². The van der Waals surface area contributed by atoms with Crippen molar-refractivity contribution in [2.75, 3.05) is 26.0 Å². The van der Waals surface area contributed by atoms with Gasteiger partial charge in [0.25, 0.3) is 0 Å². The zero-order chi connectivity index (χ0) is 23.5. The van der Waals surface area contributed by atoms with Gasteiger partial charge in [-0.15, -0.1) is 0 Å². The number of amides is 3. The van der Waals surface area contributed by atoms with E-state index in [2.05, 4.69) is 21.3 Å². The third-order valence-corrected chi connectivity index (χ3v) is 5.34. The average molecular weight is 444 g/mol. The second-order valence-corrected chi connectivity index (χ2v) is 7.72. The predicted octanol–water partition coefficient (Wildman–Crippen LogP) is 3.28. The van der Waals surface area contributed by atoms with Crippen LogP contribution in [0.3, 0.4) is 0 Å². The van der Waals surface area contributed by atoms with Crippen LogP contribution >= 0.6 is 0 Å². The Kier molecular flexibility index (Phi) is 9.82. The topological polar surface area (TPSA) is 125 Å². The van der Waals surface area contributed by atoms with Gasteiger partial charge in [0.1, 0.15) is 17.9 Å². The molecule has 3 amide bonds. The summed E-state index contributed by atoms with van der Waals surface area (Å²) in [4.78, 5) is 24.7. The molecule has 2 rings (SSSR count). The third-order valence-electron chi connectivity index (χ3n) is 5.34. The summed E-state index contributed by atoms with van der Waals surface area (Å²) in [7, 11) is 3.29. The summed E-state index contributed by atoms with van der Waals surface area (Å²) in [5.74, 6) is 0.400. The van der Waals surface area contributed by atoms with Crippen molar-refractivity contribution in [1.29, 1.82) is 5.26 Å². The van der Waals surface area contributed by atoms with Crippen LogP contribution in [-0.2, 0) is 4.74 Å². The lowest BCUT2D eigenvalue weighted by Crippen LogP contribution is -2.41. The van der Waals surface area contributed by atoms with Crippen LogP contribution < -0.4 is 26.0 Å². The number of benzene rings is 1. The number of nitriles is 1. The zero-order valence-electron chi connectivity index (χ0n) is 19.2. The van der Waals surface area contributed by atoms with Crippen LogP contribution in [0.5, 0.6) is 5.75 Å². The fourth-order valence-corrected chi connectivity index (χ4v) is 3.57. The van der Waals surface area contributed by atoms with Crippen molar-refractivity contribution in [3.05, 3.63) is 35.4 Å². The minimum Gasteiger partial charge on any atom is -0.495 e. The number of alkyl carbamates (subject to hydrolysis) is 1. The van der Waals surface area contributed by atoms with Gasteiger partial charge in [-0.05, 0) is 51.8 Å². The molecule has 0 fully saturated rings. The monoisotopic (exact) mass is 443 g/mol. The van der Waals surface area contributed by atoms with Crippen LogP contribution in [0, 0.1) is 11.3 Å². The first-order valence-electron chi connectivity index (χ1n) is 10.9. The summed E-state index contributed by atoms with van der Waals surface area (Å²) in [6.07, 6.45) is 4.68. The third kappa shape index (κ3) is 7.46. The number of urea groups is 1. The van der Waals surface area contributed by atoms with E-state index in [0.29, 0.717) is 23.5 Å². The maximum Gasteiger partial charge on any atom is 0.407 e. The van der Waals surface area contributed by atoms with Crippen molar-refractivity contribution >= 4 is 17.8 Å². The molecule has 1 aromatic carbocycles. The summed E-state index contributed by atoms with van der Waals surface area (Å²) < 4.78 is 10.6. The molecule has 0 saturated carbocycles. The number of nitrogens with zero attached hydrogens (tertiary/aromatic N) is 1.